The minimum Gasteiger partial charge on any atom is -0.328 e. The predicted octanol–water partition coefficient (Wildman–Crippen LogP) is 3.49. The average molecular weight is 329 g/mol. The lowest BCUT2D eigenvalue weighted by Crippen LogP contribution is -2.18. The van der Waals surface area contributed by atoms with Gasteiger partial charge in [-0.15, -0.1) is 0 Å². The van der Waals surface area contributed by atoms with Gasteiger partial charge in [0.1, 0.15) is 0 Å². The van der Waals surface area contributed by atoms with Crippen LogP contribution in [0, 0.1) is 6.92 Å². The molecule has 0 aliphatic heterocycles. The van der Waals surface area contributed by atoms with Gasteiger partial charge in [0.25, 0.3) is 0 Å². The molecular formula is C13H15BrClN3. The quantitative estimate of drug-likeness (QED) is 0.937. The van der Waals surface area contributed by atoms with Crippen molar-refractivity contribution in [1.29, 1.82) is 0 Å². The van der Waals surface area contributed by atoms with E-state index in [2.05, 4.69) is 27.1 Å². The SMILES string of the molecule is Cc1nn(-c2ccc(CC(C)N)c(Br)c2)cc1Cl. The summed E-state index contributed by atoms with van der Waals surface area (Å²) in [5.74, 6) is 0. The van der Waals surface area contributed by atoms with Crippen LogP contribution in [0.15, 0.2) is 28.9 Å². The van der Waals surface area contributed by atoms with Crippen molar-refractivity contribution in [1.82, 2.24) is 9.78 Å². The van der Waals surface area contributed by atoms with Crippen molar-refractivity contribution in [3.8, 4) is 5.69 Å². The summed E-state index contributed by atoms with van der Waals surface area (Å²) >= 11 is 9.58. The normalized spacial score (nSPS) is 12.7. The Morgan fingerprint density at radius 1 is 1.50 bits per heavy atom. The van der Waals surface area contributed by atoms with Crippen LogP contribution >= 0.6 is 27.5 Å². The van der Waals surface area contributed by atoms with Crippen LogP contribution in [0.1, 0.15) is 18.2 Å². The molecule has 1 aromatic heterocycles. The molecule has 0 saturated heterocycles. The Hall–Kier alpha value is -0.840. The first kappa shape index (κ1) is 13.6. The molecule has 2 N–H and O–H groups in total. The van der Waals surface area contributed by atoms with Gasteiger partial charge in [0.15, 0.2) is 0 Å². The Morgan fingerprint density at radius 3 is 2.72 bits per heavy atom. The van der Waals surface area contributed by atoms with Crippen LogP contribution in [-0.4, -0.2) is 15.8 Å². The molecule has 0 spiro atoms. The minimum atomic E-state index is 0.147. The zero-order chi connectivity index (χ0) is 13.3. The van der Waals surface area contributed by atoms with E-state index in [1.54, 1.807) is 4.68 Å². The van der Waals surface area contributed by atoms with Crippen LogP contribution in [0.2, 0.25) is 5.02 Å². The van der Waals surface area contributed by atoms with Gasteiger partial charge in [0.05, 0.1) is 16.4 Å². The summed E-state index contributed by atoms with van der Waals surface area (Å²) in [6.45, 7) is 3.88. The van der Waals surface area contributed by atoms with Gasteiger partial charge in [0.2, 0.25) is 0 Å². The highest BCUT2D eigenvalue weighted by Gasteiger charge is 2.07. The number of nitrogens with zero attached hydrogens (tertiary/aromatic N) is 2. The molecule has 0 aliphatic carbocycles. The number of benzene rings is 1. The number of rotatable bonds is 3. The summed E-state index contributed by atoms with van der Waals surface area (Å²) in [6.07, 6.45) is 2.66. The second kappa shape index (κ2) is 5.43. The Morgan fingerprint density at radius 2 is 2.22 bits per heavy atom. The van der Waals surface area contributed by atoms with Crippen LogP contribution < -0.4 is 5.73 Å². The molecule has 96 valence electrons. The first-order valence-electron chi connectivity index (χ1n) is 5.73. The summed E-state index contributed by atoms with van der Waals surface area (Å²) < 4.78 is 2.82. The fraction of sp³-hybridized carbons (Fsp3) is 0.308. The molecule has 1 aromatic carbocycles. The monoisotopic (exact) mass is 327 g/mol. The summed E-state index contributed by atoms with van der Waals surface area (Å²) in [5, 5.41) is 5.02. The lowest BCUT2D eigenvalue weighted by atomic mass is 10.1. The molecule has 0 saturated carbocycles. The number of halogens is 2. The van der Waals surface area contributed by atoms with Gasteiger partial charge in [-0.3, -0.25) is 0 Å². The van der Waals surface area contributed by atoms with Gasteiger partial charge in [-0.05, 0) is 38.0 Å². The predicted molar refractivity (Wildman–Crippen MR) is 78.4 cm³/mol. The molecule has 18 heavy (non-hydrogen) atoms. The lowest BCUT2D eigenvalue weighted by Gasteiger charge is -2.09. The molecule has 2 rings (SSSR count). The average Bonchev–Trinajstić information content (AvgIpc) is 2.62. The smallest absolute Gasteiger partial charge is 0.0819 e. The Kier molecular flexibility index (Phi) is 4.10. The van der Waals surface area contributed by atoms with Gasteiger partial charge in [0, 0.05) is 16.7 Å². The molecule has 0 bridgehead atoms. The van der Waals surface area contributed by atoms with Gasteiger partial charge >= 0.3 is 0 Å². The first-order valence-corrected chi connectivity index (χ1v) is 6.90. The Labute approximate surface area is 120 Å². The fourth-order valence-corrected chi connectivity index (χ4v) is 2.42. The molecule has 1 atom stereocenters. The van der Waals surface area contributed by atoms with E-state index in [1.165, 1.54) is 5.56 Å². The van der Waals surface area contributed by atoms with Crippen LogP contribution in [-0.2, 0) is 6.42 Å². The number of hydrogen-bond donors (Lipinski definition) is 1. The molecular weight excluding hydrogens is 314 g/mol. The highest BCUT2D eigenvalue weighted by atomic mass is 79.9. The topological polar surface area (TPSA) is 43.8 Å². The number of aryl methyl sites for hydroxylation is 1. The van der Waals surface area contributed by atoms with Crippen molar-refractivity contribution in [2.75, 3.05) is 0 Å². The lowest BCUT2D eigenvalue weighted by molar-refractivity contribution is 0.735. The maximum atomic E-state index is 6.01. The molecule has 0 fully saturated rings. The minimum absolute atomic E-state index is 0.147. The summed E-state index contributed by atoms with van der Waals surface area (Å²) in [6, 6.07) is 6.26. The van der Waals surface area contributed by atoms with E-state index in [9.17, 15) is 0 Å². The van der Waals surface area contributed by atoms with E-state index in [1.807, 2.05) is 32.2 Å². The maximum Gasteiger partial charge on any atom is 0.0819 e. The van der Waals surface area contributed by atoms with Gasteiger partial charge < -0.3 is 5.73 Å². The highest BCUT2D eigenvalue weighted by molar-refractivity contribution is 9.10. The molecule has 5 heteroatoms. The second-order valence-corrected chi connectivity index (χ2v) is 5.73. The first-order chi connectivity index (χ1) is 8.47. The number of nitrogens with two attached hydrogens (primary N) is 1. The third-order valence-corrected chi connectivity index (χ3v) is 3.79. The standard InChI is InChI=1S/C13H15BrClN3/c1-8(16)5-10-3-4-11(6-12(10)14)18-7-13(15)9(2)17-18/h3-4,6-8H,5,16H2,1-2H3. The second-order valence-electron chi connectivity index (χ2n) is 4.46. The van der Waals surface area contributed by atoms with Crippen LogP contribution in [0.3, 0.4) is 0 Å². The third kappa shape index (κ3) is 2.94. The largest absolute Gasteiger partial charge is 0.328 e. The van der Waals surface area contributed by atoms with E-state index >= 15 is 0 Å². The van der Waals surface area contributed by atoms with Crippen LogP contribution in [0.5, 0.6) is 0 Å². The van der Waals surface area contributed by atoms with E-state index < -0.39 is 0 Å². The van der Waals surface area contributed by atoms with E-state index in [0.29, 0.717) is 5.02 Å². The van der Waals surface area contributed by atoms with E-state index in [-0.39, 0.29) is 6.04 Å². The molecule has 2 aromatic rings. The van der Waals surface area contributed by atoms with Gasteiger partial charge in [-0.2, -0.15) is 5.10 Å². The van der Waals surface area contributed by atoms with Crippen molar-refractivity contribution in [2.24, 2.45) is 5.73 Å². The van der Waals surface area contributed by atoms with E-state index in [4.69, 9.17) is 17.3 Å². The maximum absolute atomic E-state index is 6.01. The summed E-state index contributed by atoms with van der Waals surface area (Å²) in [5.41, 5.74) is 8.81. The van der Waals surface area contributed by atoms with Crippen molar-refractivity contribution >= 4 is 27.5 Å². The number of aromatic nitrogens is 2. The summed E-state index contributed by atoms with van der Waals surface area (Å²) in [7, 11) is 0. The number of hydrogen-bond acceptors (Lipinski definition) is 2. The molecule has 0 radical (unpaired) electrons. The van der Waals surface area contributed by atoms with Crippen molar-refractivity contribution in [3.63, 3.8) is 0 Å². The molecule has 1 unspecified atom stereocenters. The van der Waals surface area contributed by atoms with Gasteiger partial charge in [-0.25, -0.2) is 4.68 Å². The van der Waals surface area contributed by atoms with Crippen LogP contribution in [0.4, 0.5) is 0 Å². The van der Waals surface area contributed by atoms with Gasteiger partial charge in [-0.1, -0.05) is 33.6 Å². The van der Waals surface area contributed by atoms with Crippen molar-refractivity contribution < 1.29 is 0 Å². The Balaban J connectivity index is 2.33. The molecule has 0 amide bonds. The third-order valence-electron chi connectivity index (χ3n) is 2.68. The molecule has 0 aliphatic rings. The zero-order valence-electron chi connectivity index (χ0n) is 10.3. The zero-order valence-corrected chi connectivity index (χ0v) is 12.7. The molecule has 1 heterocycles. The van der Waals surface area contributed by atoms with E-state index in [0.717, 1.165) is 22.3 Å². The highest BCUT2D eigenvalue weighted by Crippen LogP contribution is 2.23. The summed E-state index contributed by atoms with van der Waals surface area (Å²) in [4.78, 5) is 0. The Bertz CT molecular complexity index is 544. The van der Waals surface area contributed by atoms with Crippen LogP contribution in [0.25, 0.3) is 5.69 Å². The molecule has 3 nitrogen and oxygen atoms in total. The van der Waals surface area contributed by atoms with Crippen molar-refractivity contribution in [2.45, 2.75) is 26.3 Å². The fourth-order valence-electron chi connectivity index (χ4n) is 1.76. The van der Waals surface area contributed by atoms with Crippen molar-refractivity contribution in [3.05, 3.63) is 45.1 Å².